The summed E-state index contributed by atoms with van der Waals surface area (Å²) in [5, 5.41) is 3.33. The van der Waals surface area contributed by atoms with Crippen LogP contribution in [0.2, 0.25) is 5.02 Å². The molecule has 1 N–H and O–H groups in total. The van der Waals surface area contributed by atoms with E-state index in [4.69, 9.17) is 11.6 Å². The van der Waals surface area contributed by atoms with Crippen LogP contribution in [0, 0.1) is 13.8 Å². The van der Waals surface area contributed by atoms with Crippen molar-refractivity contribution in [2.24, 2.45) is 0 Å². The molecule has 2 aromatic carbocycles. The summed E-state index contributed by atoms with van der Waals surface area (Å²) in [6, 6.07) is 13.7. The lowest BCUT2D eigenvalue weighted by Gasteiger charge is -2.36. The molecule has 0 atom stereocenters. The Kier molecular flexibility index (Phi) is 6.01. The number of anilines is 2. The number of halogens is 1. The fourth-order valence-corrected chi connectivity index (χ4v) is 3.34. The Morgan fingerprint density at radius 3 is 2.44 bits per heavy atom. The number of piperazine rings is 1. The Labute approximate surface area is 164 Å². The number of hydrogen-bond acceptors (Lipinski definition) is 3. The molecule has 2 aromatic rings. The van der Waals surface area contributed by atoms with Crippen LogP contribution in [-0.4, -0.2) is 42.9 Å². The minimum atomic E-state index is -0.318. The normalized spacial score (nSPS) is 14.2. The molecule has 0 unspecified atom stereocenters. The molecule has 2 amide bonds. The van der Waals surface area contributed by atoms with Crippen molar-refractivity contribution in [1.29, 1.82) is 0 Å². The number of amides is 2. The highest BCUT2D eigenvalue weighted by molar-refractivity contribution is 6.31. The van der Waals surface area contributed by atoms with Gasteiger partial charge in [-0.2, -0.15) is 0 Å². The lowest BCUT2D eigenvalue weighted by Crippen LogP contribution is -2.49. The zero-order chi connectivity index (χ0) is 19.4. The van der Waals surface area contributed by atoms with E-state index in [1.165, 1.54) is 11.3 Å². The zero-order valence-corrected chi connectivity index (χ0v) is 16.4. The summed E-state index contributed by atoms with van der Waals surface area (Å²) in [5.41, 5.74) is 3.94. The Bertz CT molecular complexity index is 845. The van der Waals surface area contributed by atoms with Gasteiger partial charge in [0.1, 0.15) is 6.42 Å². The molecule has 1 saturated heterocycles. The minimum absolute atomic E-state index is 0.144. The number of carbonyl (C=O) groups is 2. The van der Waals surface area contributed by atoms with Gasteiger partial charge in [0.15, 0.2) is 0 Å². The first kappa shape index (κ1) is 19.2. The summed E-state index contributed by atoms with van der Waals surface area (Å²) in [6.07, 6.45) is -0.157. The molecule has 1 fully saturated rings. The molecule has 142 valence electrons. The highest BCUT2D eigenvalue weighted by Gasteiger charge is 2.23. The largest absolute Gasteiger partial charge is 0.368 e. The summed E-state index contributed by atoms with van der Waals surface area (Å²) in [4.78, 5) is 28.6. The summed E-state index contributed by atoms with van der Waals surface area (Å²) in [6.45, 7) is 6.75. The monoisotopic (exact) mass is 385 g/mol. The van der Waals surface area contributed by atoms with E-state index in [1.54, 1.807) is 17.0 Å². The second-order valence-corrected chi connectivity index (χ2v) is 7.30. The molecule has 0 aliphatic carbocycles. The van der Waals surface area contributed by atoms with Crippen LogP contribution in [-0.2, 0) is 9.59 Å². The molecule has 0 radical (unpaired) electrons. The molecular weight excluding hydrogens is 362 g/mol. The van der Waals surface area contributed by atoms with E-state index in [2.05, 4.69) is 35.3 Å². The van der Waals surface area contributed by atoms with E-state index in [1.807, 2.05) is 19.1 Å². The van der Waals surface area contributed by atoms with Gasteiger partial charge in [-0.25, -0.2) is 0 Å². The van der Waals surface area contributed by atoms with Crippen molar-refractivity contribution in [3.8, 4) is 0 Å². The van der Waals surface area contributed by atoms with Crippen molar-refractivity contribution in [3.63, 3.8) is 0 Å². The smallest absolute Gasteiger partial charge is 0.233 e. The zero-order valence-electron chi connectivity index (χ0n) is 15.7. The molecule has 27 heavy (non-hydrogen) atoms. The molecule has 0 aromatic heterocycles. The third-order valence-electron chi connectivity index (χ3n) is 4.77. The summed E-state index contributed by atoms with van der Waals surface area (Å²) in [7, 11) is 0. The third-order valence-corrected chi connectivity index (χ3v) is 5.17. The van der Waals surface area contributed by atoms with Crippen LogP contribution < -0.4 is 10.2 Å². The van der Waals surface area contributed by atoms with Gasteiger partial charge in [-0.3, -0.25) is 9.59 Å². The average Bonchev–Trinajstić information content (AvgIpc) is 2.65. The van der Waals surface area contributed by atoms with Crippen LogP contribution in [0.3, 0.4) is 0 Å². The molecule has 5 nitrogen and oxygen atoms in total. The van der Waals surface area contributed by atoms with Gasteiger partial charge in [0.2, 0.25) is 11.8 Å². The maximum absolute atomic E-state index is 12.4. The Morgan fingerprint density at radius 2 is 1.78 bits per heavy atom. The van der Waals surface area contributed by atoms with Gasteiger partial charge in [-0.05, 0) is 49.2 Å². The van der Waals surface area contributed by atoms with E-state index in [0.717, 1.165) is 18.7 Å². The lowest BCUT2D eigenvalue weighted by molar-refractivity contribution is -0.134. The molecular formula is C21H24ClN3O2. The summed E-state index contributed by atoms with van der Waals surface area (Å²) >= 11 is 6.07. The van der Waals surface area contributed by atoms with E-state index in [9.17, 15) is 9.59 Å². The van der Waals surface area contributed by atoms with Crippen molar-refractivity contribution in [1.82, 2.24) is 4.90 Å². The van der Waals surface area contributed by atoms with Gasteiger partial charge in [0, 0.05) is 42.6 Å². The first-order valence-corrected chi connectivity index (χ1v) is 9.45. The first-order valence-electron chi connectivity index (χ1n) is 9.08. The SMILES string of the molecule is Cc1cccc(N2CCN(C(=O)CC(=O)Nc3ccc(C)c(Cl)c3)CC2)c1. The Hall–Kier alpha value is -2.53. The predicted octanol–water partition coefficient (Wildman–Crippen LogP) is 3.63. The van der Waals surface area contributed by atoms with Gasteiger partial charge in [0.25, 0.3) is 0 Å². The molecule has 0 bridgehead atoms. The number of benzene rings is 2. The van der Waals surface area contributed by atoms with Crippen molar-refractivity contribution in [2.45, 2.75) is 20.3 Å². The topological polar surface area (TPSA) is 52.7 Å². The summed E-state index contributed by atoms with van der Waals surface area (Å²) in [5.74, 6) is -0.462. The molecule has 0 spiro atoms. The fraction of sp³-hybridized carbons (Fsp3) is 0.333. The predicted molar refractivity (Wildman–Crippen MR) is 109 cm³/mol. The first-order chi connectivity index (χ1) is 12.9. The molecule has 1 aliphatic heterocycles. The van der Waals surface area contributed by atoms with Crippen LogP contribution in [0.15, 0.2) is 42.5 Å². The Morgan fingerprint density at radius 1 is 1.04 bits per heavy atom. The maximum Gasteiger partial charge on any atom is 0.233 e. The standard InChI is InChI=1S/C21H24ClN3O2/c1-15-4-3-5-18(12-15)24-8-10-25(11-9-24)21(27)14-20(26)23-17-7-6-16(2)19(22)13-17/h3-7,12-13H,8-11,14H2,1-2H3,(H,23,26). The lowest BCUT2D eigenvalue weighted by atomic mass is 10.2. The van der Waals surface area contributed by atoms with Crippen molar-refractivity contribution < 1.29 is 9.59 Å². The van der Waals surface area contributed by atoms with Gasteiger partial charge >= 0.3 is 0 Å². The number of rotatable bonds is 4. The minimum Gasteiger partial charge on any atom is -0.368 e. The third kappa shape index (κ3) is 5.01. The number of nitrogens with one attached hydrogen (secondary N) is 1. The highest BCUT2D eigenvalue weighted by atomic mass is 35.5. The molecule has 6 heteroatoms. The average molecular weight is 386 g/mol. The van der Waals surface area contributed by atoms with E-state index in [-0.39, 0.29) is 18.2 Å². The van der Waals surface area contributed by atoms with Gasteiger partial charge < -0.3 is 15.1 Å². The van der Waals surface area contributed by atoms with Crippen molar-refractivity contribution in [3.05, 3.63) is 58.6 Å². The van der Waals surface area contributed by atoms with Crippen LogP contribution in [0.25, 0.3) is 0 Å². The van der Waals surface area contributed by atoms with Crippen molar-refractivity contribution in [2.75, 3.05) is 36.4 Å². The number of nitrogens with zero attached hydrogens (tertiary/aromatic N) is 2. The second kappa shape index (κ2) is 8.44. The number of hydrogen-bond donors (Lipinski definition) is 1. The van der Waals surface area contributed by atoms with Gasteiger partial charge in [0.05, 0.1) is 0 Å². The highest BCUT2D eigenvalue weighted by Crippen LogP contribution is 2.20. The second-order valence-electron chi connectivity index (χ2n) is 6.90. The van der Waals surface area contributed by atoms with Gasteiger partial charge in [-0.15, -0.1) is 0 Å². The Balaban J connectivity index is 1.50. The molecule has 1 heterocycles. The van der Waals surface area contributed by atoms with E-state index >= 15 is 0 Å². The molecule has 1 aliphatic rings. The van der Waals surface area contributed by atoms with E-state index < -0.39 is 0 Å². The molecule has 0 saturated carbocycles. The fourth-order valence-electron chi connectivity index (χ4n) is 3.16. The van der Waals surface area contributed by atoms with E-state index in [0.29, 0.717) is 23.8 Å². The molecule has 3 rings (SSSR count). The van der Waals surface area contributed by atoms with Crippen LogP contribution in [0.1, 0.15) is 17.5 Å². The van der Waals surface area contributed by atoms with Crippen LogP contribution in [0.4, 0.5) is 11.4 Å². The van der Waals surface area contributed by atoms with Crippen molar-refractivity contribution >= 4 is 34.8 Å². The van der Waals surface area contributed by atoms with Crippen LogP contribution >= 0.6 is 11.6 Å². The number of aryl methyl sites for hydroxylation is 2. The maximum atomic E-state index is 12.4. The number of carbonyl (C=O) groups excluding carboxylic acids is 2. The van der Waals surface area contributed by atoms with Gasteiger partial charge in [-0.1, -0.05) is 29.8 Å². The summed E-state index contributed by atoms with van der Waals surface area (Å²) < 4.78 is 0. The quantitative estimate of drug-likeness (QED) is 0.817. The van der Waals surface area contributed by atoms with Crippen LogP contribution in [0.5, 0.6) is 0 Å².